The van der Waals surface area contributed by atoms with Crippen molar-refractivity contribution in [3.8, 4) is 0 Å². The van der Waals surface area contributed by atoms with E-state index >= 15 is 0 Å². The summed E-state index contributed by atoms with van der Waals surface area (Å²) in [5.74, 6) is -0.743. The van der Waals surface area contributed by atoms with Gasteiger partial charge in [0, 0.05) is 6.54 Å². The van der Waals surface area contributed by atoms with E-state index in [2.05, 4.69) is 10.3 Å². The van der Waals surface area contributed by atoms with Crippen LogP contribution in [0, 0.1) is 5.92 Å². The minimum absolute atomic E-state index is 0.111. The van der Waals surface area contributed by atoms with Crippen LogP contribution in [0.5, 0.6) is 0 Å². The van der Waals surface area contributed by atoms with Crippen LogP contribution in [-0.4, -0.2) is 20.9 Å². The molecule has 1 fully saturated rings. The van der Waals surface area contributed by atoms with Crippen LogP contribution >= 0.6 is 0 Å². The van der Waals surface area contributed by atoms with Crippen molar-refractivity contribution in [3.63, 3.8) is 0 Å². The van der Waals surface area contributed by atoms with Gasteiger partial charge < -0.3 is 5.73 Å². The highest BCUT2D eigenvalue weighted by Crippen LogP contribution is 2.35. The van der Waals surface area contributed by atoms with Crippen LogP contribution in [0.1, 0.15) is 35.4 Å². The number of hydrogen-bond donors (Lipinski definition) is 1. The molecule has 1 heterocycles. The minimum Gasteiger partial charge on any atom is -0.364 e. The van der Waals surface area contributed by atoms with Crippen molar-refractivity contribution in [3.05, 3.63) is 11.4 Å². The van der Waals surface area contributed by atoms with Gasteiger partial charge in [-0.1, -0.05) is 18.1 Å². The van der Waals surface area contributed by atoms with Gasteiger partial charge in [-0.2, -0.15) is 13.2 Å². The number of aromatic nitrogens is 3. The van der Waals surface area contributed by atoms with E-state index in [1.54, 1.807) is 0 Å². The number of rotatable bonds is 4. The van der Waals surface area contributed by atoms with E-state index in [1.165, 1.54) is 0 Å². The van der Waals surface area contributed by atoms with E-state index in [-0.39, 0.29) is 6.54 Å². The number of carbonyl (C=O) groups excluding carboxylic acids is 1. The lowest BCUT2D eigenvalue weighted by molar-refractivity contribution is -0.144. The van der Waals surface area contributed by atoms with Gasteiger partial charge in [0.2, 0.25) is 0 Å². The third-order valence-electron chi connectivity index (χ3n) is 2.68. The predicted molar refractivity (Wildman–Crippen MR) is 50.9 cm³/mol. The molecule has 17 heavy (non-hydrogen) atoms. The molecule has 0 unspecified atom stereocenters. The summed E-state index contributed by atoms with van der Waals surface area (Å²) in [4.78, 5) is 10.8. The summed E-state index contributed by atoms with van der Waals surface area (Å²) in [6.07, 6.45) is -1.97. The molecule has 0 radical (unpaired) electrons. The van der Waals surface area contributed by atoms with E-state index in [0.29, 0.717) is 12.3 Å². The van der Waals surface area contributed by atoms with E-state index in [0.717, 1.165) is 17.5 Å². The molecule has 0 bridgehead atoms. The Hall–Kier alpha value is -1.60. The van der Waals surface area contributed by atoms with Crippen LogP contribution in [0.15, 0.2) is 0 Å². The molecule has 0 aliphatic heterocycles. The quantitative estimate of drug-likeness (QED) is 0.869. The molecule has 5 nitrogen and oxygen atoms in total. The fourth-order valence-corrected chi connectivity index (χ4v) is 1.63. The first-order valence-corrected chi connectivity index (χ1v) is 5.20. The Balaban J connectivity index is 2.27. The molecule has 94 valence electrons. The molecule has 1 aromatic heterocycles. The molecular weight excluding hydrogens is 237 g/mol. The zero-order valence-corrected chi connectivity index (χ0v) is 8.87. The van der Waals surface area contributed by atoms with E-state index in [4.69, 9.17) is 5.73 Å². The molecule has 2 N–H and O–H groups in total. The Morgan fingerprint density at radius 1 is 1.47 bits per heavy atom. The Bertz CT molecular complexity index is 436. The first-order chi connectivity index (χ1) is 7.89. The molecule has 1 amide bonds. The lowest BCUT2D eigenvalue weighted by atomic mass is 10.2. The van der Waals surface area contributed by atoms with Crippen LogP contribution in [0.25, 0.3) is 0 Å². The largest absolute Gasteiger partial charge is 0.435 e. The monoisotopic (exact) mass is 248 g/mol. The maximum Gasteiger partial charge on any atom is 0.435 e. The maximum atomic E-state index is 12.7. The topological polar surface area (TPSA) is 73.8 Å². The zero-order valence-electron chi connectivity index (χ0n) is 8.87. The van der Waals surface area contributed by atoms with Crippen molar-refractivity contribution in [1.29, 1.82) is 0 Å². The lowest BCUT2D eigenvalue weighted by Gasteiger charge is -2.09. The number of alkyl halides is 3. The molecule has 8 heteroatoms. The minimum atomic E-state index is -4.67. The smallest absolute Gasteiger partial charge is 0.364 e. The molecule has 1 aliphatic carbocycles. The van der Waals surface area contributed by atoms with Gasteiger partial charge >= 0.3 is 6.18 Å². The summed E-state index contributed by atoms with van der Waals surface area (Å²) >= 11 is 0. The van der Waals surface area contributed by atoms with Crippen molar-refractivity contribution < 1.29 is 18.0 Å². The molecule has 1 saturated carbocycles. The highest BCUT2D eigenvalue weighted by Gasteiger charge is 2.41. The maximum absolute atomic E-state index is 12.7. The van der Waals surface area contributed by atoms with Gasteiger partial charge in [0.15, 0.2) is 11.4 Å². The number of aryl methyl sites for hydroxylation is 1. The average molecular weight is 248 g/mol. The molecule has 0 spiro atoms. The van der Waals surface area contributed by atoms with Gasteiger partial charge in [0.05, 0.1) is 0 Å². The SMILES string of the molecule is NC(=O)c1nnn(CCC2CC2)c1C(F)(F)F. The number of primary amides is 1. The van der Waals surface area contributed by atoms with Crippen LogP contribution in [0.3, 0.4) is 0 Å². The van der Waals surface area contributed by atoms with Crippen molar-refractivity contribution in [2.45, 2.75) is 32.0 Å². The second-order valence-corrected chi connectivity index (χ2v) is 4.10. The van der Waals surface area contributed by atoms with Gasteiger partial charge in [0.25, 0.3) is 5.91 Å². The summed E-state index contributed by atoms with van der Waals surface area (Å²) in [5.41, 5.74) is 2.88. The summed E-state index contributed by atoms with van der Waals surface area (Å²) < 4.78 is 38.9. The highest BCUT2D eigenvalue weighted by molar-refractivity contribution is 5.91. The van der Waals surface area contributed by atoms with E-state index in [9.17, 15) is 18.0 Å². The summed E-state index contributed by atoms with van der Waals surface area (Å²) in [6.45, 7) is 0.111. The number of nitrogens with two attached hydrogens (primary N) is 1. The highest BCUT2D eigenvalue weighted by atomic mass is 19.4. The van der Waals surface area contributed by atoms with Crippen molar-refractivity contribution in [1.82, 2.24) is 15.0 Å². The fraction of sp³-hybridized carbons (Fsp3) is 0.667. The van der Waals surface area contributed by atoms with Gasteiger partial charge in [-0.05, 0) is 12.3 Å². The number of amides is 1. The van der Waals surface area contributed by atoms with Crippen LogP contribution < -0.4 is 5.73 Å². The second kappa shape index (κ2) is 4.01. The fourth-order valence-electron chi connectivity index (χ4n) is 1.63. The first kappa shape index (κ1) is 11.9. The number of nitrogens with zero attached hydrogens (tertiary/aromatic N) is 3. The number of halogens is 3. The summed E-state index contributed by atoms with van der Waals surface area (Å²) in [5, 5.41) is 6.55. The van der Waals surface area contributed by atoms with Gasteiger partial charge in [-0.25, -0.2) is 4.68 Å². The average Bonchev–Trinajstić information content (AvgIpc) is 2.91. The zero-order chi connectivity index (χ0) is 12.6. The lowest BCUT2D eigenvalue weighted by Crippen LogP contribution is -2.22. The Kier molecular flexibility index (Phi) is 2.80. The molecular formula is C9H11F3N4O. The van der Waals surface area contributed by atoms with Crippen LogP contribution in [0.4, 0.5) is 13.2 Å². The molecule has 2 rings (SSSR count). The van der Waals surface area contributed by atoms with Gasteiger partial charge in [-0.15, -0.1) is 5.10 Å². The third-order valence-corrected chi connectivity index (χ3v) is 2.68. The molecule has 0 atom stereocenters. The first-order valence-electron chi connectivity index (χ1n) is 5.20. The second-order valence-electron chi connectivity index (χ2n) is 4.10. The summed E-state index contributed by atoms with van der Waals surface area (Å²) in [6, 6.07) is 0. The predicted octanol–water partition coefficient (Wildman–Crippen LogP) is 1.20. The van der Waals surface area contributed by atoms with Gasteiger partial charge in [-0.3, -0.25) is 4.79 Å². The Morgan fingerprint density at radius 2 is 2.12 bits per heavy atom. The standard InChI is InChI=1S/C9H11F3N4O/c10-9(11,12)7-6(8(13)17)14-15-16(7)4-3-5-1-2-5/h5H,1-4H2,(H2,13,17). The third kappa shape index (κ3) is 2.56. The van der Waals surface area contributed by atoms with Crippen LogP contribution in [0.2, 0.25) is 0 Å². The molecule has 1 aliphatic rings. The Morgan fingerprint density at radius 3 is 2.59 bits per heavy atom. The molecule has 1 aromatic rings. The van der Waals surface area contributed by atoms with E-state index in [1.807, 2.05) is 0 Å². The Labute approximate surface area is 94.8 Å². The van der Waals surface area contributed by atoms with Crippen LogP contribution in [-0.2, 0) is 12.7 Å². The van der Waals surface area contributed by atoms with E-state index < -0.39 is 23.5 Å². The molecule has 0 saturated heterocycles. The normalized spacial score (nSPS) is 16.2. The number of carbonyl (C=O) groups is 1. The molecule has 0 aromatic carbocycles. The van der Waals surface area contributed by atoms with Crippen molar-refractivity contribution in [2.24, 2.45) is 11.7 Å². The van der Waals surface area contributed by atoms with Crippen molar-refractivity contribution >= 4 is 5.91 Å². The van der Waals surface area contributed by atoms with Gasteiger partial charge in [0.1, 0.15) is 0 Å². The number of hydrogen-bond acceptors (Lipinski definition) is 3. The summed E-state index contributed by atoms with van der Waals surface area (Å²) in [7, 11) is 0. The van der Waals surface area contributed by atoms with Crippen molar-refractivity contribution in [2.75, 3.05) is 0 Å².